The third-order valence-electron chi connectivity index (χ3n) is 0.500. The molecule has 0 rings (SSSR count). The van der Waals surface area contributed by atoms with Gasteiger partial charge in [0.25, 0.3) is 0 Å². The Bertz CT molecular complexity index is 293. The van der Waals surface area contributed by atoms with E-state index in [0.717, 1.165) is 0 Å². The maximum atomic E-state index is 8.93. The molecule has 26 heavy (non-hydrogen) atoms. The van der Waals surface area contributed by atoms with Crippen molar-refractivity contribution in [3.05, 3.63) is 0 Å². The second-order valence-electron chi connectivity index (χ2n) is 1.72. The van der Waals surface area contributed by atoms with Crippen LogP contribution in [-0.4, -0.2) is 52.0 Å². The Hall–Kier alpha value is 2.15. The summed E-state index contributed by atoms with van der Waals surface area (Å²) in [6.07, 6.45) is 0. The molecule has 0 bridgehead atoms. The van der Waals surface area contributed by atoms with Crippen LogP contribution in [0.2, 0.25) is 0 Å². The van der Waals surface area contributed by atoms with Gasteiger partial charge in [0.1, 0.15) is 0 Å². The number of carbonyl (C=O) groups is 6. The fourth-order valence-electron chi connectivity index (χ4n) is 0. The molecule has 0 aromatic heterocycles. The first-order valence-corrected chi connectivity index (χ1v) is 3.40. The number of hydrogen-bond acceptors (Lipinski definition) is 13. The maximum Gasteiger partial charge on any atom is 1.00 e. The van der Waals surface area contributed by atoms with E-state index in [9.17, 15) is 0 Å². The minimum Gasteiger partial charge on any atom is -0.543 e. The molecule has 6 N–H and O–H groups in total. The van der Waals surface area contributed by atoms with Gasteiger partial charge in [-0.25, -0.2) is 0 Å². The van der Waals surface area contributed by atoms with Crippen molar-refractivity contribution in [2.24, 2.45) is 0 Å². The Morgan fingerprint density at radius 1 is 0.423 bits per heavy atom. The molecule has 0 aromatic carbocycles. The number of carboxylic acids is 6. The van der Waals surface area contributed by atoms with E-state index in [0.29, 0.717) is 0 Å². The molecule has 1 radical (unpaired) electrons. The molecule has 0 amide bonds. The number of rotatable bonds is 0. The van der Waals surface area contributed by atoms with E-state index < -0.39 is 35.8 Å². The van der Waals surface area contributed by atoms with E-state index in [1.807, 2.05) is 0 Å². The molecule has 16 nitrogen and oxygen atoms in total. The van der Waals surface area contributed by atoms with E-state index in [-0.39, 0.29) is 184 Å². The van der Waals surface area contributed by atoms with Gasteiger partial charge in [-0.15, -0.1) is 0 Å². The minimum absolute atomic E-state index is 0. The van der Waals surface area contributed by atoms with E-state index in [1.54, 1.807) is 0 Å². The van der Waals surface area contributed by atoms with Crippen LogP contribution < -0.4 is 190 Å². The fourth-order valence-corrected chi connectivity index (χ4v) is 0. The Morgan fingerprint density at radius 3 is 0.462 bits per heavy atom. The summed E-state index contributed by atoms with van der Waals surface area (Å²) in [6.45, 7) is 0. The van der Waals surface area contributed by atoms with Crippen LogP contribution in [0.4, 0.5) is 0 Å². The summed E-state index contributed by atoms with van der Waals surface area (Å²) in [5.41, 5.74) is 0. The van der Waals surface area contributed by atoms with E-state index in [2.05, 4.69) is 5.26 Å². The van der Waals surface area contributed by atoms with Gasteiger partial charge in [0.2, 0.25) is 0 Å². The minimum atomic E-state index is -2.19. The second-order valence-corrected chi connectivity index (χ2v) is 1.72. The van der Waals surface area contributed by atoms with Gasteiger partial charge in [-0.3, -0.25) is 0 Å². The molecule has 20 heteroatoms. The topological polar surface area (TPSA) is 350 Å². The predicted molar refractivity (Wildman–Crippen MR) is 40.9 cm³/mol. The standard InChI is InChI=1S/3C2H2O4.3K.H2O2.2H2O.V/c3*3-1(4)2(5)6;;;;1-2;;;/h3*(H,3,4)(H,5,6);;;;1H2;2*1H2;/q;;;3*+1;;;;/p-6. The first kappa shape index (κ1) is 63.0. The predicted octanol–water partition coefficient (Wildman–Crippen LogP) is -23.2. The monoisotopic (exact) mass is 502 g/mol. The van der Waals surface area contributed by atoms with Gasteiger partial charge in [-0.05, 0) is 0 Å². The van der Waals surface area contributed by atoms with Crippen LogP contribution in [0.15, 0.2) is 0 Å². The van der Waals surface area contributed by atoms with Crippen LogP contribution in [-0.2, 0) is 47.3 Å². The molecule has 0 aromatic rings. The second kappa shape index (κ2) is 45.7. The van der Waals surface area contributed by atoms with Crippen LogP contribution >= 0.6 is 0 Å². The molecule has 0 saturated carbocycles. The van der Waals surface area contributed by atoms with E-state index >= 15 is 0 Å². The van der Waals surface area contributed by atoms with Crippen molar-refractivity contribution < 1.29 is 254 Å². The molecule has 0 heterocycles. The molecular formula is C6H6K3O16V-3. The first-order valence-electron chi connectivity index (χ1n) is 3.40. The van der Waals surface area contributed by atoms with E-state index in [1.165, 1.54) is 0 Å². The normalized spacial score (nSPS) is 5.31. The first-order chi connectivity index (χ1) is 8.93. The molecule has 0 fully saturated rings. The number of carboxylic acid groups (broad SMARTS) is 6. The molecule has 137 valence electrons. The quantitative estimate of drug-likeness (QED) is 0.0976. The summed E-state index contributed by atoms with van der Waals surface area (Å²) in [5.74, 6) is -13.1. The zero-order valence-electron chi connectivity index (χ0n) is 13.3. The van der Waals surface area contributed by atoms with Gasteiger partial charge < -0.3 is 80.9 Å². The summed E-state index contributed by atoms with van der Waals surface area (Å²) in [5, 5.41) is 65.6. The third kappa shape index (κ3) is 82.6. The van der Waals surface area contributed by atoms with Crippen molar-refractivity contribution in [1.29, 1.82) is 0 Å². The van der Waals surface area contributed by atoms with Crippen LogP contribution in [0, 0.1) is 0 Å². The van der Waals surface area contributed by atoms with Crippen molar-refractivity contribution in [1.82, 2.24) is 0 Å². The summed E-state index contributed by atoms with van der Waals surface area (Å²) in [4.78, 5) is 53.6. The number of carbonyl (C=O) groups excluding carboxylic acids is 6. The van der Waals surface area contributed by atoms with Crippen LogP contribution in [0.3, 0.4) is 0 Å². The molecule has 0 atom stereocenters. The Kier molecular flexibility index (Phi) is 111. The van der Waals surface area contributed by atoms with Crippen LogP contribution in [0.5, 0.6) is 0 Å². The smallest absolute Gasteiger partial charge is 0.543 e. The summed E-state index contributed by atoms with van der Waals surface area (Å²) in [7, 11) is 0. The van der Waals surface area contributed by atoms with Gasteiger partial charge >= 0.3 is 154 Å². The fraction of sp³-hybridized carbons (Fsp3) is 0. The van der Waals surface area contributed by atoms with Crippen LogP contribution in [0.25, 0.3) is 0 Å². The number of hydrogen-bond donors (Lipinski definition) is 0. The van der Waals surface area contributed by atoms with E-state index in [4.69, 9.17) is 64.7 Å². The van der Waals surface area contributed by atoms with Crippen LogP contribution in [0.1, 0.15) is 0 Å². The molecular weight excluding hydrogens is 496 g/mol. The molecule has 0 spiro atoms. The van der Waals surface area contributed by atoms with Crippen molar-refractivity contribution in [3.8, 4) is 0 Å². The Labute approximate surface area is 283 Å². The van der Waals surface area contributed by atoms with Gasteiger partial charge in [0, 0.05) is 18.6 Å². The average molecular weight is 502 g/mol. The Morgan fingerprint density at radius 2 is 0.462 bits per heavy atom. The third-order valence-corrected chi connectivity index (χ3v) is 0.500. The molecule has 0 aliphatic heterocycles. The zero-order valence-corrected chi connectivity index (χ0v) is 24.0. The number of aliphatic carboxylic acids is 6. The van der Waals surface area contributed by atoms with Gasteiger partial charge in [0.05, 0.1) is 35.8 Å². The largest absolute Gasteiger partial charge is 1.00 e. The van der Waals surface area contributed by atoms with Gasteiger partial charge in [0.15, 0.2) is 0 Å². The molecule has 0 unspecified atom stereocenters. The maximum absolute atomic E-state index is 8.93. The van der Waals surface area contributed by atoms with Crippen molar-refractivity contribution >= 4 is 35.8 Å². The molecule has 0 saturated heterocycles. The van der Waals surface area contributed by atoms with Crippen molar-refractivity contribution in [3.63, 3.8) is 0 Å². The van der Waals surface area contributed by atoms with Crippen molar-refractivity contribution in [2.45, 2.75) is 0 Å². The summed E-state index contributed by atoms with van der Waals surface area (Å²) in [6, 6.07) is 0. The summed E-state index contributed by atoms with van der Waals surface area (Å²) < 4.78 is 0. The average Bonchev–Trinajstić information content (AvgIpc) is 2.32. The van der Waals surface area contributed by atoms with Crippen molar-refractivity contribution in [2.75, 3.05) is 0 Å². The summed E-state index contributed by atoms with van der Waals surface area (Å²) >= 11 is 0. The molecule has 0 aliphatic carbocycles. The van der Waals surface area contributed by atoms with Gasteiger partial charge in [-0.2, -0.15) is 0 Å². The zero-order chi connectivity index (χ0) is 17.5. The van der Waals surface area contributed by atoms with Gasteiger partial charge in [-0.1, -0.05) is 0 Å². The SMILES string of the molecule is O.O.O=C([O-])C(=O)[O-].O=C([O-])C(=O)[O-].O=C([O-])C(=O)[O-].[K+].[K+].[K+].[O-][OH2+].[V]. The Balaban J connectivity index is -0.0000000158. The molecule has 0 aliphatic rings.